The summed E-state index contributed by atoms with van der Waals surface area (Å²) >= 11 is 6.84. The molecule has 0 aliphatic rings. The predicted molar refractivity (Wildman–Crippen MR) is 82.0 cm³/mol. The molecule has 2 rings (SSSR count). The van der Waals surface area contributed by atoms with Gasteiger partial charge in [0.1, 0.15) is 4.88 Å². The Morgan fingerprint density at radius 2 is 1.64 bits per heavy atom. The van der Waals surface area contributed by atoms with Crippen LogP contribution in [0.5, 0.6) is 0 Å². The average molecular weight is 339 g/mol. The van der Waals surface area contributed by atoms with Crippen molar-refractivity contribution in [2.75, 3.05) is 7.11 Å². The minimum atomic E-state index is -0.541. The maximum atomic E-state index is 11.9. The summed E-state index contributed by atoms with van der Waals surface area (Å²) in [6, 6.07) is 9.39. The first-order chi connectivity index (χ1) is 10.5. The van der Waals surface area contributed by atoms with Gasteiger partial charge in [-0.3, -0.25) is 20.4 Å². The van der Waals surface area contributed by atoms with Gasteiger partial charge in [-0.2, -0.15) is 0 Å². The highest BCUT2D eigenvalue weighted by molar-refractivity contribution is 7.15. The Morgan fingerprint density at radius 3 is 2.32 bits per heavy atom. The lowest BCUT2D eigenvalue weighted by Crippen LogP contribution is -2.41. The molecule has 0 aliphatic heterocycles. The highest BCUT2D eigenvalue weighted by Crippen LogP contribution is 2.17. The van der Waals surface area contributed by atoms with Crippen LogP contribution in [-0.4, -0.2) is 24.9 Å². The van der Waals surface area contributed by atoms with E-state index in [1.165, 1.54) is 25.3 Å². The maximum absolute atomic E-state index is 11.9. The summed E-state index contributed by atoms with van der Waals surface area (Å²) in [4.78, 5) is 35.6. The van der Waals surface area contributed by atoms with E-state index in [9.17, 15) is 14.4 Å². The molecule has 0 radical (unpaired) electrons. The van der Waals surface area contributed by atoms with E-state index in [4.69, 9.17) is 11.6 Å². The Balaban J connectivity index is 1.98. The van der Waals surface area contributed by atoms with E-state index in [1.807, 2.05) is 0 Å². The first-order valence-electron chi connectivity index (χ1n) is 6.06. The van der Waals surface area contributed by atoms with Crippen molar-refractivity contribution in [2.24, 2.45) is 0 Å². The van der Waals surface area contributed by atoms with Crippen LogP contribution in [0.3, 0.4) is 0 Å². The van der Waals surface area contributed by atoms with Crippen molar-refractivity contribution in [1.29, 1.82) is 0 Å². The number of carbonyl (C=O) groups excluding carboxylic acids is 3. The zero-order valence-corrected chi connectivity index (χ0v) is 13.0. The van der Waals surface area contributed by atoms with Crippen LogP contribution in [0.25, 0.3) is 0 Å². The number of thiophene rings is 1. The standard InChI is InChI=1S/C14H11ClN2O4S/c1-21-14(20)11-7-6-10(22-11)13(19)17-16-12(18)8-4-2-3-5-9(8)15/h2-7H,1H3,(H,16,18)(H,17,19). The largest absolute Gasteiger partial charge is 0.465 e. The molecule has 0 unspecified atom stereocenters. The summed E-state index contributed by atoms with van der Waals surface area (Å²) < 4.78 is 4.55. The number of amides is 2. The van der Waals surface area contributed by atoms with E-state index in [2.05, 4.69) is 15.6 Å². The van der Waals surface area contributed by atoms with Crippen molar-refractivity contribution in [1.82, 2.24) is 10.9 Å². The second-order valence-electron chi connectivity index (χ2n) is 4.04. The molecule has 0 saturated carbocycles. The summed E-state index contributed by atoms with van der Waals surface area (Å²) in [5.74, 6) is -1.60. The molecular formula is C14H11ClN2O4S. The Bertz CT molecular complexity index is 729. The van der Waals surface area contributed by atoms with Crippen LogP contribution in [0.15, 0.2) is 36.4 Å². The van der Waals surface area contributed by atoms with Crippen molar-refractivity contribution in [3.05, 3.63) is 56.7 Å². The van der Waals surface area contributed by atoms with Crippen LogP contribution in [0.4, 0.5) is 0 Å². The number of hydrazine groups is 1. The Labute approximate surface area is 135 Å². The molecule has 0 bridgehead atoms. The Hall–Kier alpha value is -2.38. The molecule has 0 aliphatic carbocycles. The first kappa shape index (κ1) is 16.0. The normalized spacial score (nSPS) is 9.91. The van der Waals surface area contributed by atoms with Gasteiger partial charge in [0.2, 0.25) is 0 Å². The molecule has 0 fully saturated rings. The Morgan fingerprint density at radius 1 is 1.00 bits per heavy atom. The lowest BCUT2D eigenvalue weighted by molar-refractivity contribution is 0.0606. The van der Waals surface area contributed by atoms with Crippen LogP contribution in [0.1, 0.15) is 29.7 Å². The van der Waals surface area contributed by atoms with E-state index < -0.39 is 17.8 Å². The number of rotatable bonds is 3. The summed E-state index contributed by atoms with van der Waals surface area (Å²) in [6.07, 6.45) is 0. The molecule has 6 nitrogen and oxygen atoms in total. The fourth-order valence-corrected chi connectivity index (χ4v) is 2.60. The van der Waals surface area contributed by atoms with Crippen molar-refractivity contribution < 1.29 is 19.1 Å². The molecule has 8 heteroatoms. The van der Waals surface area contributed by atoms with Gasteiger partial charge < -0.3 is 4.74 Å². The molecule has 0 spiro atoms. The van der Waals surface area contributed by atoms with Gasteiger partial charge in [0.15, 0.2) is 0 Å². The highest BCUT2D eigenvalue weighted by Gasteiger charge is 2.15. The number of hydrogen-bond acceptors (Lipinski definition) is 5. The molecule has 2 amide bonds. The fraction of sp³-hybridized carbons (Fsp3) is 0.0714. The lowest BCUT2D eigenvalue weighted by atomic mass is 10.2. The van der Waals surface area contributed by atoms with E-state index in [-0.39, 0.29) is 15.5 Å². The molecule has 2 aromatic rings. The van der Waals surface area contributed by atoms with Crippen LogP contribution in [0, 0.1) is 0 Å². The van der Waals surface area contributed by atoms with E-state index in [1.54, 1.807) is 18.2 Å². The molecule has 0 atom stereocenters. The van der Waals surface area contributed by atoms with E-state index >= 15 is 0 Å². The van der Waals surface area contributed by atoms with Crippen LogP contribution < -0.4 is 10.9 Å². The Kier molecular flexibility index (Phi) is 5.13. The third-order valence-electron chi connectivity index (χ3n) is 2.62. The zero-order valence-electron chi connectivity index (χ0n) is 11.4. The second kappa shape index (κ2) is 7.06. The summed E-state index contributed by atoms with van der Waals surface area (Å²) in [6.45, 7) is 0. The van der Waals surface area contributed by atoms with Gasteiger partial charge in [-0.1, -0.05) is 23.7 Å². The van der Waals surface area contributed by atoms with Gasteiger partial charge in [0, 0.05) is 0 Å². The van der Waals surface area contributed by atoms with Gasteiger partial charge in [-0.15, -0.1) is 11.3 Å². The number of benzene rings is 1. The number of methoxy groups -OCH3 is 1. The summed E-state index contributed by atoms with van der Waals surface area (Å²) in [7, 11) is 1.26. The molecule has 22 heavy (non-hydrogen) atoms. The minimum Gasteiger partial charge on any atom is -0.465 e. The van der Waals surface area contributed by atoms with E-state index in [0.29, 0.717) is 4.88 Å². The van der Waals surface area contributed by atoms with Gasteiger partial charge in [-0.05, 0) is 24.3 Å². The van der Waals surface area contributed by atoms with Crippen LogP contribution in [-0.2, 0) is 4.74 Å². The average Bonchev–Trinajstić information content (AvgIpc) is 3.02. The molecule has 1 aromatic carbocycles. The SMILES string of the molecule is COC(=O)c1ccc(C(=O)NNC(=O)c2ccccc2Cl)s1. The smallest absolute Gasteiger partial charge is 0.348 e. The number of ether oxygens (including phenoxy) is 1. The minimum absolute atomic E-state index is 0.242. The number of carbonyl (C=O) groups is 3. The van der Waals surface area contributed by atoms with Crippen molar-refractivity contribution in [3.63, 3.8) is 0 Å². The molecule has 1 aromatic heterocycles. The topological polar surface area (TPSA) is 84.5 Å². The number of nitrogens with one attached hydrogen (secondary N) is 2. The summed E-state index contributed by atoms with van der Waals surface area (Å²) in [5.41, 5.74) is 4.76. The fourth-order valence-electron chi connectivity index (χ4n) is 1.56. The van der Waals surface area contributed by atoms with Gasteiger partial charge >= 0.3 is 5.97 Å². The molecule has 114 valence electrons. The third-order valence-corrected chi connectivity index (χ3v) is 4.02. The van der Waals surface area contributed by atoms with Gasteiger partial charge in [-0.25, -0.2) is 4.79 Å². The third kappa shape index (κ3) is 3.63. The predicted octanol–water partition coefficient (Wildman–Crippen LogP) is 2.26. The number of hydrogen-bond donors (Lipinski definition) is 2. The zero-order chi connectivity index (χ0) is 16.1. The van der Waals surface area contributed by atoms with Crippen molar-refractivity contribution in [2.45, 2.75) is 0 Å². The molecule has 2 N–H and O–H groups in total. The molecule has 0 saturated heterocycles. The second-order valence-corrected chi connectivity index (χ2v) is 5.53. The quantitative estimate of drug-likeness (QED) is 0.664. The van der Waals surface area contributed by atoms with Crippen molar-refractivity contribution >= 4 is 40.7 Å². The molecule has 1 heterocycles. The monoisotopic (exact) mass is 338 g/mol. The lowest BCUT2D eigenvalue weighted by Gasteiger charge is -2.07. The summed E-state index contributed by atoms with van der Waals surface area (Å²) in [5, 5.41) is 0.276. The highest BCUT2D eigenvalue weighted by atomic mass is 35.5. The van der Waals surface area contributed by atoms with Gasteiger partial charge in [0.05, 0.1) is 22.6 Å². The van der Waals surface area contributed by atoms with Gasteiger partial charge in [0.25, 0.3) is 11.8 Å². The maximum Gasteiger partial charge on any atom is 0.348 e. The number of esters is 1. The first-order valence-corrected chi connectivity index (χ1v) is 7.25. The molecular weight excluding hydrogens is 328 g/mol. The number of halogens is 1. The van der Waals surface area contributed by atoms with Crippen LogP contribution in [0.2, 0.25) is 5.02 Å². The van der Waals surface area contributed by atoms with Crippen LogP contribution >= 0.6 is 22.9 Å². The van der Waals surface area contributed by atoms with E-state index in [0.717, 1.165) is 11.3 Å². The van der Waals surface area contributed by atoms with Crippen molar-refractivity contribution in [3.8, 4) is 0 Å².